The van der Waals surface area contributed by atoms with Crippen molar-refractivity contribution >= 4 is 11.8 Å². The van der Waals surface area contributed by atoms with Gasteiger partial charge in [-0.05, 0) is 36.2 Å². The highest BCUT2D eigenvalue weighted by Crippen LogP contribution is 2.56. The number of aliphatic hydroxyl groups excluding tert-OH is 2. The van der Waals surface area contributed by atoms with Crippen molar-refractivity contribution in [3.63, 3.8) is 0 Å². The molecule has 0 unspecified atom stereocenters. The Morgan fingerprint density at radius 3 is 2.64 bits per heavy atom. The predicted molar refractivity (Wildman–Crippen MR) is 92.4 cm³/mol. The number of fused-ring (bicyclic) bond motifs is 2. The van der Waals surface area contributed by atoms with Crippen molar-refractivity contribution in [1.82, 2.24) is 0 Å². The topological polar surface area (TPSA) is 83.8 Å². The summed E-state index contributed by atoms with van der Waals surface area (Å²) in [6, 6.07) is 0. The van der Waals surface area contributed by atoms with Gasteiger partial charge in [0.25, 0.3) is 0 Å². The van der Waals surface area contributed by atoms with E-state index in [1.807, 2.05) is 32.9 Å². The average Bonchev–Trinajstić information content (AvgIpc) is 2.60. The number of esters is 1. The van der Waals surface area contributed by atoms with Crippen LogP contribution in [0.4, 0.5) is 0 Å². The number of carbonyl (C=O) groups excluding carboxylic acids is 2. The number of rotatable bonds is 3. The Bertz CT molecular complexity index is 632. The Labute approximate surface area is 148 Å². The highest BCUT2D eigenvalue weighted by atomic mass is 16.5. The largest absolute Gasteiger partial charge is 0.461 e. The number of hydrogen-bond donors (Lipinski definition) is 2. The van der Waals surface area contributed by atoms with E-state index in [4.69, 9.17) is 4.74 Å². The lowest BCUT2D eigenvalue weighted by Gasteiger charge is -2.54. The second-order valence-electron chi connectivity index (χ2n) is 8.45. The molecule has 2 N–H and O–H groups in total. The van der Waals surface area contributed by atoms with Crippen molar-refractivity contribution in [2.24, 2.45) is 34.5 Å². The van der Waals surface area contributed by atoms with Gasteiger partial charge in [0.15, 0.2) is 5.78 Å². The molecular formula is C20H28O5. The molecule has 3 rings (SSSR count). The highest BCUT2D eigenvalue weighted by Gasteiger charge is 2.61. The molecule has 5 heteroatoms. The van der Waals surface area contributed by atoms with Crippen molar-refractivity contribution in [3.8, 4) is 0 Å². The molecule has 0 aromatic carbocycles. The zero-order valence-electron chi connectivity index (χ0n) is 15.2. The molecule has 0 aromatic heterocycles. The maximum atomic E-state index is 13.0. The van der Waals surface area contributed by atoms with Gasteiger partial charge in [0, 0.05) is 30.6 Å². The zero-order valence-corrected chi connectivity index (χ0v) is 15.2. The van der Waals surface area contributed by atoms with Crippen LogP contribution in [0.25, 0.3) is 0 Å². The quantitative estimate of drug-likeness (QED) is 0.761. The highest BCUT2D eigenvalue weighted by molar-refractivity contribution is 6.01. The fourth-order valence-electron chi connectivity index (χ4n) is 5.02. The molecule has 1 heterocycles. The number of allylic oxidation sites excluding steroid dienone is 3. The molecule has 2 aliphatic carbocycles. The molecule has 1 spiro atoms. The number of aliphatic hydroxyl groups is 2. The third-order valence-corrected chi connectivity index (χ3v) is 6.70. The first-order valence-electron chi connectivity index (χ1n) is 9.12. The first kappa shape index (κ1) is 18.3. The number of cyclic esters (lactones) is 1. The Morgan fingerprint density at radius 2 is 2.00 bits per heavy atom. The van der Waals surface area contributed by atoms with Crippen molar-refractivity contribution in [3.05, 3.63) is 23.8 Å². The number of hydrogen-bond acceptors (Lipinski definition) is 5. The van der Waals surface area contributed by atoms with Crippen LogP contribution in [-0.2, 0) is 14.3 Å². The molecule has 0 bridgehead atoms. The van der Waals surface area contributed by atoms with Crippen molar-refractivity contribution in [2.45, 2.75) is 33.6 Å². The number of ketones is 1. The molecule has 5 atom stereocenters. The lowest BCUT2D eigenvalue weighted by Crippen LogP contribution is -2.59. The summed E-state index contributed by atoms with van der Waals surface area (Å²) in [7, 11) is 0. The monoisotopic (exact) mass is 348 g/mol. The lowest BCUT2D eigenvalue weighted by molar-refractivity contribution is -0.168. The maximum absolute atomic E-state index is 13.0. The fraction of sp³-hybridized carbons (Fsp3) is 0.700. The van der Waals surface area contributed by atoms with E-state index in [9.17, 15) is 19.8 Å². The Morgan fingerprint density at radius 1 is 1.28 bits per heavy atom. The molecule has 0 aromatic rings. The van der Waals surface area contributed by atoms with Crippen LogP contribution >= 0.6 is 0 Å². The van der Waals surface area contributed by atoms with E-state index in [-0.39, 0.29) is 60.7 Å². The van der Waals surface area contributed by atoms with Crippen molar-refractivity contribution < 1.29 is 24.5 Å². The van der Waals surface area contributed by atoms with Gasteiger partial charge >= 0.3 is 5.97 Å². The van der Waals surface area contributed by atoms with Gasteiger partial charge in [-0.15, -0.1) is 0 Å². The Balaban J connectivity index is 2.08. The van der Waals surface area contributed by atoms with E-state index < -0.39 is 5.41 Å². The summed E-state index contributed by atoms with van der Waals surface area (Å²) in [6.45, 7) is 5.95. The van der Waals surface area contributed by atoms with Crippen LogP contribution in [0, 0.1) is 34.5 Å². The second-order valence-corrected chi connectivity index (χ2v) is 8.45. The van der Waals surface area contributed by atoms with Gasteiger partial charge in [-0.25, -0.2) is 4.79 Å². The molecule has 0 saturated carbocycles. The summed E-state index contributed by atoms with van der Waals surface area (Å²) in [5.41, 5.74) is -0.687. The number of carbonyl (C=O) groups is 2. The fourth-order valence-corrected chi connectivity index (χ4v) is 5.02. The molecule has 25 heavy (non-hydrogen) atoms. The molecule has 1 fully saturated rings. The molecular weight excluding hydrogens is 320 g/mol. The van der Waals surface area contributed by atoms with Crippen LogP contribution in [0.5, 0.6) is 0 Å². The Kier molecular flexibility index (Phi) is 4.67. The van der Waals surface area contributed by atoms with Gasteiger partial charge in [0.05, 0.1) is 5.41 Å². The zero-order chi connectivity index (χ0) is 18.4. The van der Waals surface area contributed by atoms with E-state index in [1.165, 1.54) is 0 Å². The lowest BCUT2D eigenvalue weighted by atomic mass is 9.50. The summed E-state index contributed by atoms with van der Waals surface area (Å²) >= 11 is 0. The van der Waals surface area contributed by atoms with E-state index in [0.717, 1.165) is 6.42 Å². The maximum Gasteiger partial charge on any atom is 0.334 e. The van der Waals surface area contributed by atoms with Crippen molar-refractivity contribution in [1.29, 1.82) is 0 Å². The van der Waals surface area contributed by atoms with Crippen molar-refractivity contribution in [2.75, 3.05) is 19.8 Å². The van der Waals surface area contributed by atoms with Crippen LogP contribution in [0.3, 0.4) is 0 Å². The predicted octanol–water partition coefficient (Wildman–Crippen LogP) is 1.88. The smallest absolute Gasteiger partial charge is 0.334 e. The van der Waals surface area contributed by atoms with E-state index in [1.54, 1.807) is 6.08 Å². The van der Waals surface area contributed by atoms with E-state index in [0.29, 0.717) is 12.0 Å². The van der Waals surface area contributed by atoms with Gasteiger partial charge in [0.2, 0.25) is 0 Å². The second kappa shape index (κ2) is 6.36. The minimum Gasteiger partial charge on any atom is -0.461 e. The van der Waals surface area contributed by atoms with E-state index >= 15 is 0 Å². The van der Waals surface area contributed by atoms with Crippen LogP contribution in [0.15, 0.2) is 23.8 Å². The van der Waals surface area contributed by atoms with Gasteiger partial charge in [-0.3, -0.25) is 4.79 Å². The first-order valence-corrected chi connectivity index (χ1v) is 9.12. The van der Waals surface area contributed by atoms with Gasteiger partial charge in [-0.1, -0.05) is 32.9 Å². The Hall–Kier alpha value is -1.46. The third kappa shape index (κ3) is 2.68. The molecule has 1 saturated heterocycles. The summed E-state index contributed by atoms with van der Waals surface area (Å²) in [5.74, 6) is -0.777. The average molecular weight is 348 g/mol. The number of ether oxygens (including phenoxy) is 1. The standard InChI is InChI=1S/C20H28O5/c1-12(9-21)13-4-5-15-14(8-13)18(24)25-11-20(15)16(10-22)19(2,3)7-6-17(20)23/h6-8,12-13,15-16,21-22H,4-5,9-11H2,1-3H3/t12-,13+,15+,16+,20-/m0/s1. The molecule has 0 radical (unpaired) electrons. The normalized spacial score (nSPS) is 38.1. The first-order chi connectivity index (χ1) is 11.8. The minimum absolute atomic E-state index is 0.0336. The molecule has 3 aliphatic rings. The van der Waals surface area contributed by atoms with Crippen LogP contribution in [-0.4, -0.2) is 41.8 Å². The SMILES string of the molecule is C[C@@H](CO)[C@H]1C=C2C(=O)OC[C@]3(C(=O)C=CC(C)(C)[C@H]3CO)[C@@H]2CC1. The third-order valence-electron chi connectivity index (χ3n) is 6.70. The van der Waals surface area contributed by atoms with Gasteiger partial charge in [0.1, 0.15) is 6.61 Å². The van der Waals surface area contributed by atoms with Crippen LogP contribution in [0.2, 0.25) is 0 Å². The summed E-state index contributed by atoms with van der Waals surface area (Å²) in [5, 5.41) is 19.6. The van der Waals surface area contributed by atoms with Gasteiger partial charge < -0.3 is 14.9 Å². The summed E-state index contributed by atoms with van der Waals surface area (Å²) in [4.78, 5) is 25.4. The molecule has 138 valence electrons. The van der Waals surface area contributed by atoms with Crippen LogP contribution in [0.1, 0.15) is 33.6 Å². The molecule has 5 nitrogen and oxygen atoms in total. The van der Waals surface area contributed by atoms with Gasteiger partial charge in [-0.2, -0.15) is 0 Å². The van der Waals surface area contributed by atoms with Crippen LogP contribution < -0.4 is 0 Å². The summed E-state index contributed by atoms with van der Waals surface area (Å²) in [6.07, 6.45) is 6.89. The van der Waals surface area contributed by atoms with E-state index in [2.05, 4.69) is 0 Å². The molecule has 0 amide bonds. The summed E-state index contributed by atoms with van der Waals surface area (Å²) < 4.78 is 5.46. The minimum atomic E-state index is -0.889. The molecule has 1 aliphatic heterocycles.